The largest absolute Gasteiger partial charge is 0.328 e. The Morgan fingerprint density at radius 3 is 0.857 bits per heavy atom. The molecule has 7 heteroatoms. The van der Waals surface area contributed by atoms with Crippen LogP contribution in [-0.2, 0) is 0 Å². The Morgan fingerprint density at radius 2 is 0.857 bits per heavy atom. The summed E-state index contributed by atoms with van der Waals surface area (Å²) in [5.74, 6) is 0. The van der Waals surface area contributed by atoms with Crippen molar-refractivity contribution in [1.82, 2.24) is 0 Å². The second-order valence-electron chi connectivity index (χ2n) is 0.928. The summed E-state index contributed by atoms with van der Waals surface area (Å²) in [5, 5.41) is 0. The van der Waals surface area contributed by atoms with Gasteiger partial charge >= 0.3 is 9.26 Å². The van der Waals surface area contributed by atoms with Crippen LogP contribution in [0.5, 0.6) is 0 Å². The van der Waals surface area contributed by atoms with Crippen molar-refractivity contribution in [2.24, 2.45) is 0 Å². The predicted molar refractivity (Wildman–Crippen MR) is 22.1 cm³/mol. The zero-order valence-electron chi connectivity index (χ0n) is 2.75. The highest BCUT2D eigenvalue weighted by Crippen LogP contribution is 3.01. The van der Waals surface area contributed by atoms with Gasteiger partial charge in [0, 0.05) is 0 Å². The molecule has 48 valence electrons. The van der Waals surface area contributed by atoms with Crippen molar-refractivity contribution in [3.05, 3.63) is 0 Å². The minimum atomic E-state index is -9.28. The smallest absolute Gasteiger partial charge is 0.0890 e. The number of hydrogen-bond acceptors (Lipinski definition) is 1. The van der Waals surface area contributed by atoms with Crippen LogP contribution < -0.4 is 0 Å². The van der Waals surface area contributed by atoms with E-state index in [0.29, 0.717) is 0 Å². The Hall–Kier alpha value is 0.350. The molecule has 0 saturated heterocycles. The second-order valence-corrected chi connectivity index (χ2v) is 4.85. The van der Waals surface area contributed by atoms with Crippen molar-refractivity contribution in [3.8, 4) is 0 Å². The fourth-order valence-electron chi connectivity index (χ4n) is 0. The van der Waals surface area contributed by atoms with Gasteiger partial charge in [0.05, 0.1) is 0 Å². The lowest BCUT2D eigenvalue weighted by molar-refractivity contribution is 0.403. The van der Waals surface area contributed by atoms with Crippen LogP contribution in [-0.4, -0.2) is 0 Å². The first-order chi connectivity index (χ1) is 2.45. The van der Waals surface area contributed by atoms with E-state index < -0.39 is 9.26 Å². The summed E-state index contributed by atoms with van der Waals surface area (Å²) >= 11 is 1.22. The number of rotatable bonds is 0. The van der Waals surface area contributed by atoms with Gasteiger partial charge in [0.1, 0.15) is 0 Å². The molecule has 0 aliphatic heterocycles. The molecule has 0 amide bonds. The highest BCUT2D eigenvalue weighted by molar-refractivity contribution is 8.96. The van der Waals surface area contributed by atoms with Gasteiger partial charge in [-0.05, 0) is 11.7 Å². The van der Waals surface area contributed by atoms with Gasteiger partial charge in [-0.3, -0.25) is 0 Å². The van der Waals surface area contributed by atoms with Crippen molar-refractivity contribution in [1.29, 1.82) is 0 Å². The van der Waals surface area contributed by atoms with Crippen LogP contribution in [0.25, 0.3) is 0 Å². The molecule has 0 aromatic carbocycles. The zero-order chi connectivity index (χ0) is 6.41. The molecule has 0 aromatic heterocycles. The maximum Gasteiger partial charge on any atom is 0.328 e. The molecule has 7 heavy (non-hydrogen) atoms. The van der Waals surface area contributed by atoms with Gasteiger partial charge in [-0.25, -0.2) is 0 Å². The molecule has 0 bridgehead atoms. The Labute approximate surface area is 41.2 Å². The van der Waals surface area contributed by atoms with E-state index >= 15 is 0 Å². The summed E-state index contributed by atoms with van der Waals surface area (Å²) in [6.07, 6.45) is 0. The lowest BCUT2D eigenvalue weighted by Crippen LogP contribution is -1.90. The molecule has 0 nitrogen and oxygen atoms in total. The van der Waals surface area contributed by atoms with Crippen molar-refractivity contribution >= 4 is 20.9 Å². The van der Waals surface area contributed by atoms with Crippen LogP contribution in [0.3, 0.4) is 0 Å². The number of hydrogen-bond donors (Lipinski definition) is 1. The quantitative estimate of drug-likeness (QED) is 0.314. The van der Waals surface area contributed by atoms with Gasteiger partial charge in [0.15, 0.2) is 0 Å². The third kappa shape index (κ3) is 981. The van der Waals surface area contributed by atoms with Gasteiger partial charge in [-0.15, -0.1) is 0 Å². The maximum atomic E-state index is 10.4. The van der Waals surface area contributed by atoms with Gasteiger partial charge in [0.2, 0.25) is 0 Å². The van der Waals surface area contributed by atoms with E-state index in [1.807, 2.05) is 0 Å². The molecule has 0 aliphatic rings. The summed E-state index contributed by atoms with van der Waals surface area (Å²) in [6, 6.07) is 0. The van der Waals surface area contributed by atoms with Crippen LogP contribution in [0.2, 0.25) is 0 Å². The van der Waals surface area contributed by atoms with E-state index in [2.05, 4.69) is 0 Å². The van der Waals surface area contributed by atoms with E-state index in [1.165, 1.54) is 11.7 Å². The summed E-state index contributed by atoms with van der Waals surface area (Å²) < 4.78 is 51.9. The van der Waals surface area contributed by atoms with E-state index in [1.54, 1.807) is 0 Å². The molecule has 0 spiro atoms. The highest BCUT2D eigenvalue weighted by Gasteiger charge is 2.59. The van der Waals surface area contributed by atoms with E-state index in [4.69, 9.17) is 0 Å². The Morgan fingerprint density at radius 1 is 0.857 bits per heavy atom. The second kappa shape index (κ2) is 0.771. The Balaban J connectivity index is 4.43. The predicted octanol–water partition coefficient (Wildman–Crippen LogP) is 3.13. The molecule has 0 unspecified atom stereocenters. The molecule has 0 radical (unpaired) electrons. The average Bonchev–Trinajstić information content (AvgIpc) is 0.592. The van der Waals surface area contributed by atoms with Crippen LogP contribution in [0, 0.1) is 0 Å². The third-order valence-corrected chi connectivity index (χ3v) is 0. The number of halogens is 5. The average molecular weight is 160 g/mol. The van der Waals surface area contributed by atoms with Gasteiger partial charge in [-0.2, -0.15) is 0 Å². The highest BCUT2D eigenvalue weighted by atomic mass is 33.3. The van der Waals surface area contributed by atoms with Crippen molar-refractivity contribution in [2.75, 3.05) is 0 Å². The SMILES string of the molecule is FS(F)(F)(F)(F)S. The van der Waals surface area contributed by atoms with Crippen molar-refractivity contribution in [3.63, 3.8) is 0 Å². The number of thiol groups is 1. The molecule has 0 aromatic rings. The van der Waals surface area contributed by atoms with Crippen LogP contribution in [0.15, 0.2) is 0 Å². The summed E-state index contributed by atoms with van der Waals surface area (Å²) in [7, 11) is -9.28. The molecule has 0 saturated carbocycles. The lowest BCUT2D eigenvalue weighted by atomic mass is 18.6. The van der Waals surface area contributed by atoms with E-state index in [0.717, 1.165) is 0 Å². The molecule has 0 heterocycles. The fraction of sp³-hybridized carbons (Fsp3) is 0. The van der Waals surface area contributed by atoms with Crippen LogP contribution in [0.4, 0.5) is 19.4 Å². The first-order valence-electron chi connectivity index (χ1n) is 0.954. The van der Waals surface area contributed by atoms with E-state index in [-0.39, 0.29) is 0 Å². The van der Waals surface area contributed by atoms with Gasteiger partial charge in [0.25, 0.3) is 0 Å². The topological polar surface area (TPSA) is 0 Å². The molecule has 0 rings (SSSR count). The normalized spacial score (nSPS) is 23.1. The van der Waals surface area contributed by atoms with Gasteiger partial charge < -0.3 is 0 Å². The molecular formula is HF5S2. The summed E-state index contributed by atoms with van der Waals surface area (Å²) in [4.78, 5) is 0. The summed E-state index contributed by atoms with van der Waals surface area (Å²) in [5.41, 5.74) is 0. The minimum Gasteiger partial charge on any atom is -0.0890 e. The van der Waals surface area contributed by atoms with Gasteiger partial charge in [-0.1, -0.05) is 19.4 Å². The Kier molecular flexibility index (Phi) is 0.810. The van der Waals surface area contributed by atoms with E-state index in [9.17, 15) is 19.4 Å². The standard InChI is InChI=1S/F5HS2/c1-7(2,3,4,5)6/h6H. The third-order valence-electron chi connectivity index (χ3n) is 0. The molecule has 0 aliphatic carbocycles. The fourth-order valence-corrected chi connectivity index (χ4v) is 0. The summed E-state index contributed by atoms with van der Waals surface area (Å²) in [6.45, 7) is 0. The molecule has 0 fully saturated rings. The molecule has 0 N–H and O–H groups in total. The minimum absolute atomic E-state index is 1.22. The maximum absolute atomic E-state index is 10.4. The Bertz CT molecular complexity index is 64.6. The van der Waals surface area contributed by atoms with Crippen LogP contribution >= 0.6 is 20.9 Å². The first kappa shape index (κ1) is 7.35. The zero-order valence-corrected chi connectivity index (χ0v) is 4.46. The molecular weight excluding hydrogens is 159 g/mol. The first-order valence-corrected chi connectivity index (χ1v) is 3.96. The van der Waals surface area contributed by atoms with Crippen LogP contribution in [0.1, 0.15) is 0 Å². The monoisotopic (exact) mass is 160 g/mol. The van der Waals surface area contributed by atoms with Crippen molar-refractivity contribution < 1.29 is 19.4 Å². The van der Waals surface area contributed by atoms with Crippen molar-refractivity contribution in [2.45, 2.75) is 0 Å². The molecule has 0 atom stereocenters. The lowest BCUT2D eigenvalue weighted by Gasteiger charge is -2.33.